The van der Waals surface area contributed by atoms with Crippen molar-refractivity contribution >= 4 is 16.7 Å². The summed E-state index contributed by atoms with van der Waals surface area (Å²) < 4.78 is 18.8. The van der Waals surface area contributed by atoms with Crippen molar-refractivity contribution in [2.45, 2.75) is 15.8 Å². The quantitative estimate of drug-likeness (QED) is 0.703. The van der Waals surface area contributed by atoms with E-state index in [9.17, 15) is 4.21 Å². The maximum Gasteiger partial charge on any atom is 0.218 e. The Hall–Kier alpha value is -2.72. The molecule has 0 spiro atoms. The highest BCUT2D eigenvalue weighted by Gasteiger charge is 2.24. The van der Waals surface area contributed by atoms with Crippen molar-refractivity contribution < 1.29 is 8.95 Å². The van der Waals surface area contributed by atoms with Crippen LogP contribution in [0.1, 0.15) is 17.2 Å². The van der Waals surface area contributed by atoms with Crippen LogP contribution in [0.5, 0.6) is 0 Å². The fraction of sp³-hybridized carbons (Fsp3) is 0.0952. The molecule has 1 heterocycles. The maximum absolute atomic E-state index is 13.0. The summed E-state index contributed by atoms with van der Waals surface area (Å²) in [5.74, 6) is 0.564. The van der Waals surface area contributed by atoms with E-state index in [0.29, 0.717) is 12.5 Å². The molecule has 0 fully saturated rings. The molecule has 3 nitrogen and oxygen atoms in total. The Morgan fingerprint density at radius 1 is 0.840 bits per heavy atom. The average Bonchev–Trinajstić information content (AvgIpc) is 3.19. The molecular formula is C21H17NO2S. The number of ether oxygens (including phenoxy) is 1. The van der Waals surface area contributed by atoms with E-state index in [2.05, 4.69) is 12.1 Å². The largest absolute Gasteiger partial charge is 0.475 e. The van der Waals surface area contributed by atoms with E-state index in [1.165, 1.54) is 0 Å². The monoisotopic (exact) mass is 347 g/mol. The van der Waals surface area contributed by atoms with Gasteiger partial charge >= 0.3 is 0 Å². The fourth-order valence-electron chi connectivity index (χ4n) is 2.84. The van der Waals surface area contributed by atoms with Gasteiger partial charge in [-0.3, -0.25) is 0 Å². The van der Waals surface area contributed by atoms with Gasteiger partial charge in [0.2, 0.25) is 5.90 Å². The first-order valence-electron chi connectivity index (χ1n) is 8.15. The van der Waals surface area contributed by atoms with E-state index in [4.69, 9.17) is 9.73 Å². The molecule has 0 saturated heterocycles. The highest BCUT2D eigenvalue weighted by Crippen LogP contribution is 2.28. The second kappa shape index (κ2) is 7.03. The van der Waals surface area contributed by atoms with Crippen molar-refractivity contribution in [3.05, 3.63) is 96.1 Å². The maximum atomic E-state index is 13.0. The molecule has 0 N–H and O–H groups in total. The molecule has 25 heavy (non-hydrogen) atoms. The van der Waals surface area contributed by atoms with Crippen molar-refractivity contribution in [1.29, 1.82) is 0 Å². The molecule has 1 unspecified atom stereocenters. The van der Waals surface area contributed by atoms with Crippen LogP contribution in [0.25, 0.3) is 0 Å². The summed E-state index contributed by atoms with van der Waals surface area (Å²) in [6, 6.07) is 27.1. The van der Waals surface area contributed by atoms with Gasteiger partial charge in [0.15, 0.2) is 0 Å². The van der Waals surface area contributed by atoms with Gasteiger partial charge in [-0.05, 0) is 29.8 Å². The molecule has 2 atom stereocenters. The van der Waals surface area contributed by atoms with Crippen LogP contribution in [-0.4, -0.2) is 16.7 Å². The average molecular weight is 347 g/mol. The van der Waals surface area contributed by atoms with Crippen LogP contribution >= 0.6 is 0 Å². The molecule has 0 amide bonds. The van der Waals surface area contributed by atoms with Gasteiger partial charge in [-0.25, -0.2) is 9.20 Å². The van der Waals surface area contributed by atoms with E-state index in [1.54, 1.807) is 0 Å². The third kappa shape index (κ3) is 3.26. The van der Waals surface area contributed by atoms with Crippen molar-refractivity contribution in [2.24, 2.45) is 4.99 Å². The lowest BCUT2D eigenvalue weighted by molar-refractivity contribution is 0.319. The minimum atomic E-state index is -1.27. The number of benzene rings is 3. The molecule has 4 heteroatoms. The van der Waals surface area contributed by atoms with Crippen LogP contribution < -0.4 is 0 Å². The second-order valence-electron chi connectivity index (χ2n) is 5.75. The normalized spacial score (nSPS) is 17.6. The molecule has 0 aliphatic carbocycles. The molecule has 4 rings (SSSR count). The third-order valence-electron chi connectivity index (χ3n) is 4.11. The Labute approximate surface area is 149 Å². The highest BCUT2D eigenvalue weighted by molar-refractivity contribution is 7.85. The molecule has 0 bridgehead atoms. The Balaban J connectivity index is 1.69. The molecule has 1 aliphatic heterocycles. The fourth-order valence-corrected chi connectivity index (χ4v) is 4.06. The Bertz CT molecular complexity index is 923. The first-order valence-corrected chi connectivity index (χ1v) is 9.29. The van der Waals surface area contributed by atoms with E-state index in [1.807, 2.05) is 72.8 Å². The second-order valence-corrected chi connectivity index (χ2v) is 7.20. The van der Waals surface area contributed by atoms with E-state index < -0.39 is 10.8 Å². The summed E-state index contributed by atoms with van der Waals surface area (Å²) in [4.78, 5) is 6.22. The Morgan fingerprint density at radius 3 is 2.24 bits per heavy atom. The number of aliphatic imine (C=N–C) groups is 1. The van der Waals surface area contributed by atoms with Gasteiger partial charge in [0.05, 0.1) is 21.3 Å². The SMILES string of the molecule is O=[S@@](c1ccccc1)c1ccccc1C1=NC(c2ccccc2)CO1. The topological polar surface area (TPSA) is 38.7 Å². The minimum absolute atomic E-state index is 0.0191. The lowest BCUT2D eigenvalue weighted by Crippen LogP contribution is -2.07. The third-order valence-corrected chi connectivity index (χ3v) is 5.57. The van der Waals surface area contributed by atoms with E-state index >= 15 is 0 Å². The van der Waals surface area contributed by atoms with Crippen molar-refractivity contribution in [3.63, 3.8) is 0 Å². The van der Waals surface area contributed by atoms with Gasteiger partial charge in [0, 0.05) is 4.90 Å². The van der Waals surface area contributed by atoms with Gasteiger partial charge in [-0.2, -0.15) is 0 Å². The standard InChI is InChI=1S/C21H17NO2S/c23-25(17-11-5-2-6-12-17)20-14-8-7-13-18(20)21-22-19(15-24-21)16-9-3-1-4-10-16/h1-14,19H,15H2/t19?,25-/m0/s1. The number of nitrogens with zero attached hydrogens (tertiary/aromatic N) is 1. The molecule has 3 aromatic rings. The Morgan fingerprint density at radius 2 is 1.48 bits per heavy atom. The molecule has 0 radical (unpaired) electrons. The zero-order valence-corrected chi connectivity index (χ0v) is 14.4. The predicted octanol–water partition coefficient (Wildman–Crippen LogP) is 4.37. The molecule has 0 saturated carbocycles. The van der Waals surface area contributed by atoms with Crippen molar-refractivity contribution in [1.82, 2.24) is 0 Å². The van der Waals surface area contributed by atoms with Crippen LogP contribution in [0.15, 0.2) is 99.7 Å². The zero-order valence-electron chi connectivity index (χ0n) is 13.5. The summed E-state index contributed by atoms with van der Waals surface area (Å²) in [7, 11) is -1.27. The van der Waals surface area contributed by atoms with Gasteiger partial charge in [0.1, 0.15) is 12.6 Å². The van der Waals surface area contributed by atoms with Crippen LogP contribution in [0.3, 0.4) is 0 Å². The number of hydrogen-bond donors (Lipinski definition) is 0. The van der Waals surface area contributed by atoms with E-state index in [-0.39, 0.29) is 6.04 Å². The molecule has 0 aromatic heterocycles. The summed E-state index contributed by atoms with van der Waals surface area (Å²) in [5.41, 5.74) is 1.92. The van der Waals surface area contributed by atoms with Crippen LogP contribution in [0.4, 0.5) is 0 Å². The lowest BCUT2D eigenvalue weighted by Gasteiger charge is -2.09. The van der Waals surface area contributed by atoms with Crippen LogP contribution in [0, 0.1) is 0 Å². The van der Waals surface area contributed by atoms with Crippen LogP contribution in [-0.2, 0) is 15.5 Å². The van der Waals surface area contributed by atoms with Crippen LogP contribution in [0.2, 0.25) is 0 Å². The molecular weight excluding hydrogens is 330 g/mol. The van der Waals surface area contributed by atoms with E-state index in [0.717, 1.165) is 20.9 Å². The first-order chi connectivity index (χ1) is 12.3. The summed E-state index contributed by atoms with van der Waals surface area (Å²) in [6.45, 7) is 0.506. The summed E-state index contributed by atoms with van der Waals surface area (Å²) in [6.07, 6.45) is 0. The number of hydrogen-bond acceptors (Lipinski definition) is 3. The zero-order chi connectivity index (χ0) is 17.1. The van der Waals surface area contributed by atoms with Crippen molar-refractivity contribution in [2.75, 3.05) is 6.61 Å². The van der Waals surface area contributed by atoms with Crippen molar-refractivity contribution in [3.8, 4) is 0 Å². The number of rotatable bonds is 4. The van der Waals surface area contributed by atoms with Gasteiger partial charge in [-0.1, -0.05) is 60.7 Å². The predicted molar refractivity (Wildman–Crippen MR) is 99.2 cm³/mol. The van der Waals surface area contributed by atoms with Gasteiger partial charge in [-0.15, -0.1) is 0 Å². The summed E-state index contributed by atoms with van der Waals surface area (Å²) in [5, 5.41) is 0. The smallest absolute Gasteiger partial charge is 0.218 e. The molecule has 3 aromatic carbocycles. The van der Waals surface area contributed by atoms with Gasteiger partial charge in [0.25, 0.3) is 0 Å². The lowest BCUT2D eigenvalue weighted by atomic mass is 10.1. The minimum Gasteiger partial charge on any atom is -0.475 e. The summed E-state index contributed by atoms with van der Waals surface area (Å²) >= 11 is 0. The van der Waals surface area contributed by atoms with Gasteiger partial charge < -0.3 is 4.74 Å². The highest BCUT2D eigenvalue weighted by atomic mass is 32.2. The molecule has 1 aliphatic rings. The first kappa shape index (κ1) is 15.8. The Kier molecular flexibility index (Phi) is 4.44. The molecule has 124 valence electrons.